The van der Waals surface area contributed by atoms with Gasteiger partial charge in [0, 0.05) is 12.0 Å². The summed E-state index contributed by atoms with van der Waals surface area (Å²) in [7, 11) is -3.84. The highest BCUT2D eigenvalue weighted by Gasteiger charge is 2.24. The number of amides is 1. The van der Waals surface area contributed by atoms with Gasteiger partial charge in [-0.3, -0.25) is 4.79 Å². The van der Waals surface area contributed by atoms with Crippen LogP contribution in [0.1, 0.15) is 58.7 Å². The topological polar surface area (TPSA) is 101 Å². The Hall–Kier alpha value is -1.84. The van der Waals surface area contributed by atoms with Gasteiger partial charge in [0.1, 0.15) is 0 Å². The van der Waals surface area contributed by atoms with Gasteiger partial charge in [-0.05, 0) is 23.5 Å². The van der Waals surface area contributed by atoms with Gasteiger partial charge in [0.15, 0.2) is 0 Å². The van der Waals surface area contributed by atoms with Gasteiger partial charge in [0.25, 0.3) is 10.0 Å². The molecule has 148 valence electrons. The molecular formula is C18H26N4O3S2. The molecule has 7 nitrogen and oxygen atoms in total. The van der Waals surface area contributed by atoms with E-state index in [1.54, 1.807) is 20.8 Å². The van der Waals surface area contributed by atoms with Gasteiger partial charge in [-0.2, -0.15) is 0 Å². The molecule has 1 aromatic heterocycles. The van der Waals surface area contributed by atoms with Crippen LogP contribution in [0.2, 0.25) is 0 Å². The second-order valence-electron chi connectivity index (χ2n) is 7.73. The lowest BCUT2D eigenvalue weighted by Gasteiger charge is -2.20. The van der Waals surface area contributed by atoms with Crippen molar-refractivity contribution in [2.24, 2.45) is 5.92 Å². The average molecular weight is 411 g/mol. The fourth-order valence-corrected chi connectivity index (χ4v) is 4.39. The van der Waals surface area contributed by atoms with Crippen LogP contribution in [-0.2, 0) is 20.2 Å². The van der Waals surface area contributed by atoms with Crippen LogP contribution < -0.4 is 10.0 Å². The van der Waals surface area contributed by atoms with Crippen LogP contribution in [0.5, 0.6) is 0 Å². The van der Waals surface area contributed by atoms with Crippen molar-refractivity contribution in [2.75, 3.05) is 5.32 Å². The molecule has 1 aromatic carbocycles. The van der Waals surface area contributed by atoms with E-state index in [0.717, 1.165) is 16.9 Å². The maximum absolute atomic E-state index is 12.6. The average Bonchev–Trinajstić information content (AvgIpc) is 3.03. The number of carbonyl (C=O) groups is 1. The predicted octanol–water partition coefficient (Wildman–Crippen LogP) is 3.47. The first-order valence-corrected chi connectivity index (χ1v) is 11.0. The Balaban J connectivity index is 2.11. The first-order chi connectivity index (χ1) is 12.4. The van der Waals surface area contributed by atoms with Crippen molar-refractivity contribution in [1.82, 2.24) is 14.9 Å². The van der Waals surface area contributed by atoms with Crippen LogP contribution in [0.15, 0.2) is 28.6 Å². The minimum absolute atomic E-state index is 0.0324. The molecule has 2 N–H and O–H groups in total. The number of carbonyl (C=O) groups excluding carboxylic acids is 1. The van der Waals surface area contributed by atoms with Crippen LogP contribution in [0.3, 0.4) is 0 Å². The lowest BCUT2D eigenvalue weighted by Crippen LogP contribution is -2.27. The van der Waals surface area contributed by atoms with Gasteiger partial charge < -0.3 is 5.32 Å². The van der Waals surface area contributed by atoms with E-state index in [-0.39, 0.29) is 26.7 Å². The molecule has 2 rings (SSSR count). The maximum Gasteiger partial charge on any atom is 0.270 e. The van der Waals surface area contributed by atoms with Crippen LogP contribution in [0.4, 0.5) is 5.13 Å². The van der Waals surface area contributed by atoms with Gasteiger partial charge >= 0.3 is 0 Å². The van der Waals surface area contributed by atoms with Gasteiger partial charge in [-0.25, -0.2) is 13.1 Å². The van der Waals surface area contributed by atoms with Crippen molar-refractivity contribution in [3.63, 3.8) is 0 Å². The van der Waals surface area contributed by atoms with E-state index < -0.39 is 16.1 Å². The molecule has 0 aliphatic heterocycles. The van der Waals surface area contributed by atoms with Gasteiger partial charge in [0.2, 0.25) is 15.4 Å². The lowest BCUT2D eigenvalue weighted by molar-refractivity contribution is -0.118. The quantitative estimate of drug-likeness (QED) is 0.710. The van der Waals surface area contributed by atoms with E-state index in [4.69, 9.17) is 0 Å². The normalized spacial score (nSPS) is 13.6. The van der Waals surface area contributed by atoms with Crippen molar-refractivity contribution in [2.45, 2.75) is 57.3 Å². The smallest absolute Gasteiger partial charge is 0.270 e. The fourth-order valence-electron chi connectivity index (χ4n) is 2.24. The predicted molar refractivity (Wildman–Crippen MR) is 107 cm³/mol. The molecule has 0 saturated carbocycles. The molecule has 0 spiro atoms. The van der Waals surface area contributed by atoms with Crippen LogP contribution in [-0.4, -0.2) is 24.5 Å². The van der Waals surface area contributed by atoms with Crippen molar-refractivity contribution in [1.29, 1.82) is 0 Å². The third kappa shape index (κ3) is 5.57. The molecule has 0 bridgehead atoms. The summed E-state index contributed by atoms with van der Waals surface area (Å²) in [4.78, 5) is 11.7. The van der Waals surface area contributed by atoms with Crippen LogP contribution in [0.25, 0.3) is 0 Å². The molecule has 0 aliphatic rings. The molecule has 9 heteroatoms. The number of benzene rings is 1. The summed E-state index contributed by atoms with van der Waals surface area (Å²) in [6, 6.07) is 7.42. The van der Waals surface area contributed by atoms with E-state index in [1.165, 1.54) is 5.56 Å². The maximum atomic E-state index is 12.6. The Morgan fingerprint density at radius 3 is 2.19 bits per heavy atom. The van der Waals surface area contributed by atoms with Gasteiger partial charge in [-0.15, -0.1) is 10.2 Å². The van der Waals surface area contributed by atoms with Crippen molar-refractivity contribution >= 4 is 32.4 Å². The zero-order chi connectivity index (χ0) is 20.4. The highest BCUT2D eigenvalue weighted by Crippen LogP contribution is 2.26. The van der Waals surface area contributed by atoms with E-state index in [1.807, 2.05) is 24.3 Å². The second-order valence-corrected chi connectivity index (χ2v) is 10.6. The number of anilines is 1. The number of nitrogens with one attached hydrogen (secondary N) is 2. The van der Waals surface area contributed by atoms with E-state index in [9.17, 15) is 13.2 Å². The first-order valence-electron chi connectivity index (χ1n) is 8.67. The molecule has 2 aromatic rings. The van der Waals surface area contributed by atoms with E-state index in [2.05, 4.69) is 41.0 Å². The summed E-state index contributed by atoms with van der Waals surface area (Å²) in [5.74, 6) is -0.474. The Bertz CT molecular complexity index is 897. The minimum Gasteiger partial charge on any atom is -0.300 e. The monoisotopic (exact) mass is 410 g/mol. The Morgan fingerprint density at radius 2 is 1.67 bits per heavy atom. The summed E-state index contributed by atoms with van der Waals surface area (Å²) in [5.41, 5.74) is 2.06. The fraction of sp³-hybridized carbons (Fsp3) is 0.500. The van der Waals surface area contributed by atoms with Crippen LogP contribution in [0, 0.1) is 5.92 Å². The number of nitrogens with zero attached hydrogens (tertiary/aromatic N) is 2. The summed E-state index contributed by atoms with van der Waals surface area (Å²) < 4.78 is 27.5. The third-order valence-corrected chi connectivity index (χ3v) is 6.75. The van der Waals surface area contributed by atoms with Crippen LogP contribution >= 0.6 is 11.3 Å². The first kappa shape index (κ1) is 21.5. The van der Waals surface area contributed by atoms with Crippen molar-refractivity contribution in [3.8, 4) is 0 Å². The SMILES string of the molecule is CC(C)C(=O)Nc1nnc(S(=O)(=O)N[C@H](C)c2ccc(C(C)(C)C)cc2)s1. The molecule has 1 heterocycles. The zero-order valence-corrected chi connectivity index (χ0v) is 18.0. The number of hydrogen-bond acceptors (Lipinski definition) is 6. The Labute approximate surface area is 164 Å². The summed E-state index contributed by atoms with van der Waals surface area (Å²) in [6.07, 6.45) is 0. The molecule has 0 radical (unpaired) electrons. The molecule has 0 saturated heterocycles. The summed E-state index contributed by atoms with van der Waals surface area (Å²) in [6.45, 7) is 11.6. The summed E-state index contributed by atoms with van der Waals surface area (Å²) in [5, 5.41) is 10.2. The van der Waals surface area contributed by atoms with E-state index in [0.29, 0.717) is 0 Å². The third-order valence-electron chi connectivity index (χ3n) is 4.00. The zero-order valence-electron chi connectivity index (χ0n) is 16.4. The Kier molecular flexibility index (Phi) is 6.39. The lowest BCUT2D eigenvalue weighted by atomic mass is 9.86. The molecular weight excluding hydrogens is 384 g/mol. The van der Waals surface area contributed by atoms with Crippen molar-refractivity contribution in [3.05, 3.63) is 35.4 Å². The standard InChI is InChI=1S/C18H26N4O3S2/c1-11(2)15(23)19-16-20-21-17(26-16)27(24,25)22-12(3)13-7-9-14(10-8-13)18(4,5)6/h7-12,22H,1-6H3,(H,19,20,23)/t12-/m1/s1. The minimum atomic E-state index is -3.84. The molecule has 27 heavy (non-hydrogen) atoms. The second kappa shape index (κ2) is 8.04. The van der Waals surface area contributed by atoms with E-state index >= 15 is 0 Å². The molecule has 1 atom stereocenters. The molecule has 0 aliphatic carbocycles. The van der Waals surface area contributed by atoms with Gasteiger partial charge in [0.05, 0.1) is 0 Å². The number of rotatable bonds is 6. The molecule has 0 fully saturated rings. The highest BCUT2D eigenvalue weighted by molar-refractivity contribution is 7.91. The van der Waals surface area contributed by atoms with Gasteiger partial charge in [-0.1, -0.05) is 70.2 Å². The molecule has 1 amide bonds. The number of sulfonamides is 1. The van der Waals surface area contributed by atoms with Crippen molar-refractivity contribution < 1.29 is 13.2 Å². The molecule has 0 unspecified atom stereocenters. The number of aromatic nitrogens is 2. The number of hydrogen-bond donors (Lipinski definition) is 2. The summed E-state index contributed by atoms with van der Waals surface area (Å²) >= 11 is 0.824. The largest absolute Gasteiger partial charge is 0.300 e. The highest BCUT2D eigenvalue weighted by atomic mass is 32.2. The Morgan fingerprint density at radius 1 is 1.07 bits per heavy atom.